The topological polar surface area (TPSA) is 78.9 Å². The van der Waals surface area contributed by atoms with Crippen LogP contribution in [0.3, 0.4) is 0 Å². The lowest BCUT2D eigenvalue weighted by Crippen LogP contribution is -2.54. The average Bonchev–Trinajstić information content (AvgIpc) is 2.64. The number of benzene rings is 2. The van der Waals surface area contributed by atoms with Crippen molar-refractivity contribution in [2.75, 3.05) is 11.5 Å². The summed E-state index contributed by atoms with van der Waals surface area (Å²) < 4.78 is 5.41. The Morgan fingerprint density at radius 3 is 2.32 bits per heavy atom. The van der Waals surface area contributed by atoms with Crippen molar-refractivity contribution in [1.82, 2.24) is 5.32 Å². The van der Waals surface area contributed by atoms with Gasteiger partial charge in [-0.3, -0.25) is 19.8 Å². The summed E-state index contributed by atoms with van der Waals surface area (Å²) >= 11 is 5.21. The summed E-state index contributed by atoms with van der Waals surface area (Å²) in [5.41, 5.74) is 2.46. The molecule has 0 unspecified atom stereocenters. The Labute approximate surface area is 168 Å². The lowest BCUT2D eigenvalue weighted by atomic mass is 10.0. The molecule has 0 aromatic heterocycles. The Morgan fingerprint density at radius 2 is 1.75 bits per heavy atom. The molecule has 1 fully saturated rings. The van der Waals surface area contributed by atoms with Gasteiger partial charge in [-0.2, -0.15) is 0 Å². The third kappa shape index (κ3) is 3.75. The highest BCUT2D eigenvalue weighted by atomic mass is 32.1. The molecule has 0 spiro atoms. The Bertz CT molecular complexity index is 973. The molecule has 1 heterocycles. The maximum absolute atomic E-state index is 13.0. The first-order valence-corrected chi connectivity index (χ1v) is 9.17. The Hall–Kier alpha value is -3.19. The molecule has 28 heavy (non-hydrogen) atoms. The summed E-state index contributed by atoms with van der Waals surface area (Å²) in [6, 6.07) is 10.3. The number of phenols is 1. The highest BCUT2D eigenvalue weighted by Crippen LogP contribution is 2.27. The Kier molecular flexibility index (Phi) is 5.46. The number of nitrogens with one attached hydrogen (secondary N) is 1. The van der Waals surface area contributed by atoms with Gasteiger partial charge in [-0.25, -0.2) is 0 Å². The number of hydrogen-bond acceptors (Lipinski definition) is 5. The standard InChI is InChI=1S/C21H20N2O4S/c1-4-27-16-7-5-15(6-8-16)23-20(26)17(19(25)22-21(23)28)11-14-9-12(2)18(24)13(3)10-14/h5-11,24H,4H2,1-3H3,(H,22,25,28). The number of nitrogens with zero attached hydrogens (tertiary/aromatic N) is 1. The van der Waals surface area contributed by atoms with Crippen molar-refractivity contribution in [3.63, 3.8) is 0 Å². The predicted octanol–water partition coefficient (Wildman–Crippen LogP) is 3.24. The van der Waals surface area contributed by atoms with Gasteiger partial charge in [0.1, 0.15) is 17.1 Å². The van der Waals surface area contributed by atoms with E-state index in [9.17, 15) is 14.7 Å². The van der Waals surface area contributed by atoms with Crippen LogP contribution in [-0.2, 0) is 9.59 Å². The fraction of sp³-hybridized carbons (Fsp3) is 0.190. The van der Waals surface area contributed by atoms with E-state index in [0.29, 0.717) is 34.7 Å². The lowest BCUT2D eigenvalue weighted by Gasteiger charge is -2.29. The number of hydrogen-bond donors (Lipinski definition) is 2. The smallest absolute Gasteiger partial charge is 0.270 e. The van der Waals surface area contributed by atoms with E-state index in [4.69, 9.17) is 17.0 Å². The summed E-state index contributed by atoms with van der Waals surface area (Å²) in [4.78, 5) is 26.7. The van der Waals surface area contributed by atoms with Gasteiger partial charge < -0.3 is 9.84 Å². The van der Waals surface area contributed by atoms with Gasteiger partial charge in [0.15, 0.2) is 5.11 Å². The van der Waals surface area contributed by atoms with Crippen molar-refractivity contribution in [1.29, 1.82) is 0 Å². The van der Waals surface area contributed by atoms with Gasteiger partial charge in [0, 0.05) is 0 Å². The maximum atomic E-state index is 13.0. The molecule has 0 aliphatic carbocycles. The molecule has 0 atom stereocenters. The summed E-state index contributed by atoms with van der Waals surface area (Å²) in [5.74, 6) is -0.197. The molecule has 2 aromatic rings. The molecule has 144 valence electrons. The highest BCUT2D eigenvalue weighted by Gasteiger charge is 2.34. The second-order valence-corrected chi connectivity index (χ2v) is 6.77. The first-order valence-electron chi connectivity index (χ1n) is 8.76. The minimum absolute atomic E-state index is 0.0226. The monoisotopic (exact) mass is 396 g/mol. The quantitative estimate of drug-likeness (QED) is 0.471. The highest BCUT2D eigenvalue weighted by molar-refractivity contribution is 7.80. The van der Waals surface area contributed by atoms with Crippen molar-refractivity contribution >= 4 is 40.9 Å². The molecular weight excluding hydrogens is 376 g/mol. The zero-order chi connectivity index (χ0) is 20.4. The number of carbonyl (C=O) groups excluding carboxylic acids is 2. The minimum atomic E-state index is -0.555. The van der Waals surface area contributed by atoms with Crippen LogP contribution in [0.4, 0.5) is 5.69 Å². The third-order valence-electron chi connectivity index (χ3n) is 4.33. The van der Waals surface area contributed by atoms with E-state index >= 15 is 0 Å². The van der Waals surface area contributed by atoms with Crippen LogP contribution < -0.4 is 15.0 Å². The summed E-state index contributed by atoms with van der Waals surface area (Å²) in [6.07, 6.45) is 1.50. The fourth-order valence-corrected chi connectivity index (χ4v) is 3.27. The van der Waals surface area contributed by atoms with Gasteiger partial charge in [-0.15, -0.1) is 0 Å². The zero-order valence-electron chi connectivity index (χ0n) is 15.8. The molecule has 3 rings (SSSR count). The van der Waals surface area contributed by atoms with Crippen LogP contribution in [0.1, 0.15) is 23.6 Å². The number of amides is 2. The number of thiocarbonyl (C=S) groups is 1. The van der Waals surface area contributed by atoms with Crippen LogP contribution >= 0.6 is 12.2 Å². The van der Waals surface area contributed by atoms with Crippen molar-refractivity contribution in [3.05, 3.63) is 58.7 Å². The van der Waals surface area contributed by atoms with E-state index in [1.807, 2.05) is 6.92 Å². The molecule has 1 aliphatic rings. The van der Waals surface area contributed by atoms with Crippen LogP contribution in [-0.4, -0.2) is 28.6 Å². The molecule has 7 heteroatoms. The summed E-state index contributed by atoms with van der Waals surface area (Å²) in [5, 5.41) is 12.5. The number of aromatic hydroxyl groups is 1. The maximum Gasteiger partial charge on any atom is 0.270 e. The number of rotatable bonds is 4. The molecular formula is C21H20N2O4S. The second-order valence-electron chi connectivity index (χ2n) is 6.39. The van der Waals surface area contributed by atoms with E-state index < -0.39 is 11.8 Å². The fourth-order valence-electron chi connectivity index (χ4n) is 2.99. The summed E-state index contributed by atoms with van der Waals surface area (Å²) in [6.45, 7) is 5.94. The van der Waals surface area contributed by atoms with Crippen LogP contribution in [0.2, 0.25) is 0 Å². The van der Waals surface area contributed by atoms with Gasteiger partial charge in [0.2, 0.25) is 0 Å². The molecule has 2 amide bonds. The minimum Gasteiger partial charge on any atom is -0.507 e. The van der Waals surface area contributed by atoms with Crippen molar-refractivity contribution < 1.29 is 19.4 Å². The number of phenolic OH excluding ortho intramolecular Hbond substituents is 1. The lowest BCUT2D eigenvalue weighted by molar-refractivity contribution is -0.122. The first kappa shape index (κ1) is 19.6. The van der Waals surface area contributed by atoms with Crippen LogP contribution in [0.15, 0.2) is 42.0 Å². The van der Waals surface area contributed by atoms with Crippen molar-refractivity contribution in [2.45, 2.75) is 20.8 Å². The van der Waals surface area contributed by atoms with E-state index in [2.05, 4.69) is 5.32 Å². The van der Waals surface area contributed by atoms with Crippen molar-refractivity contribution in [3.8, 4) is 11.5 Å². The third-order valence-corrected chi connectivity index (χ3v) is 4.62. The first-order chi connectivity index (χ1) is 13.3. The SMILES string of the molecule is CCOc1ccc(N2C(=O)C(=Cc3cc(C)c(O)c(C)c3)C(=O)NC2=S)cc1. The number of carbonyl (C=O) groups is 2. The normalized spacial score (nSPS) is 15.8. The predicted molar refractivity (Wildman–Crippen MR) is 111 cm³/mol. The molecule has 1 saturated heterocycles. The molecule has 2 aromatic carbocycles. The Morgan fingerprint density at radius 1 is 1.14 bits per heavy atom. The average molecular weight is 396 g/mol. The summed E-state index contributed by atoms with van der Waals surface area (Å²) in [7, 11) is 0. The van der Waals surface area contributed by atoms with Crippen molar-refractivity contribution in [2.24, 2.45) is 0 Å². The number of anilines is 1. The van der Waals surface area contributed by atoms with Gasteiger partial charge in [0.05, 0.1) is 12.3 Å². The largest absolute Gasteiger partial charge is 0.507 e. The van der Waals surface area contributed by atoms with E-state index in [0.717, 1.165) is 0 Å². The van der Waals surface area contributed by atoms with E-state index in [1.54, 1.807) is 50.2 Å². The second kappa shape index (κ2) is 7.82. The molecule has 6 nitrogen and oxygen atoms in total. The number of aryl methyl sites for hydroxylation is 2. The van der Waals surface area contributed by atoms with Gasteiger partial charge in [-0.05, 0) is 92.2 Å². The van der Waals surface area contributed by atoms with Gasteiger partial charge in [-0.1, -0.05) is 0 Å². The molecule has 2 N–H and O–H groups in total. The van der Waals surface area contributed by atoms with Gasteiger partial charge >= 0.3 is 0 Å². The molecule has 1 aliphatic heterocycles. The van der Waals surface area contributed by atoms with Crippen LogP contribution in [0.5, 0.6) is 11.5 Å². The Balaban J connectivity index is 1.98. The molecule has 0 saturated carbocycles. The van der Waals surface area contributed by atoms with Gasteiger partial charge in [0.25, 0.3) is 11.8 Å². The van der Waals surface area contributed by atoms with E-state index in [-0.39, 0.29) is 16.4 Å². The zero-order valence-corrected chi connectivity index (χ0v) is 16.6. The van der Waals surface area contributed by atoms with Crippen LogP contribution in [0, 0.1) is 13.8 Å². The molecule has 0 bridgehead atoms. The van der Waals surface area contributed by atoms with Crippen LogP contribution in [0.25, 0.3) is 6.08 Å². The van der Waals surface area contributed by atoms with E-state index in [1.165, 1.54) is 11.0 Å². The number of ether oxygens (including phenoxy) is 1. The molecule has 0 radical (unpaired) electrons.